The van der Waals surface area contributed by atoms with Gasteiger partial charge in [0, 0.05) is 101 Å². The van der Waals surface area contributed by atoms with Crippen LogP contribution in [0.15, 0.2) is 443 Å². The minimum absolute atomic E-state index is 0.455. The summed E-state index contributed by atoms with van der Waals surface area (Å²) in [6, 6.07) is 162. The van der Waals surface area contributed by atoms with E-state index < -0.39 is 5.41 Å². The Morgan fingerprint density at radius 2 is 0.590 bits per heavy atom. The molecule has 6 heteroatoms. The fourth-order valence-corrected chi connectivity index (χ4v) is 20.5. The van der Waals surface area contributed by atoms with E-state index in [0.29, 0.717) is 5.92 Å². The maximum Gasteiger partial charge on any atom is 0.0726 e. The largest absolute Gasteiger partial charge is 0.310 e. The highest BCUT2D eigenvalue weighted by atomic mass is 15.2. The van der Waals surface area contributed by atoms with E-state index in [0.717, 1.165) is 108 Å². The first kappa shape index (κ1) is 70.4. The molecule has 122 heavy (non-hydrogen) atoms. The Bertz CT molecular complexity index is 7650. The smallest absolute Gasteiger partial charge is 0.0726 e. The lowest BCUT2D eigenvalue weighted by Crippen LogP contribution is -2.26. The van der Waals surface area contributed by atoms with E-state index in [4.69, 9.17) is 0 Å². The Labute approximate surface area is 709 Å². The third-order valence-electron chi connectivity index (χ3n) is 25.9. The molecule has 6 nitrogen and oxygen atoms in total. The molecule has 24 rings (SSSR count). The summed E-state index contributed by atoms with van der Waals surface area (Å²) in [5, 5.41) is 6.08. The monoisotopic (exact) mass is 1560 g/mol. The summed E-state index contributed by atoms with van der Waals surface area (Å²) in [5.41, 5.74) is 38.1. The molecule has 3 aliphatic rings. The fourth-order valence-electron chi connectivity index (χ4n) is 20.5. The van der Waals surface area contributed by atoms with Crippen LogP contribution in [-0.2, 0) is 11.8 Å². The van der Waals surface area contributed by atoms with Crippen molar-refractivity contribution in [2.45, 2.75) is 18.8 Å². The Morgan fingerprint density at radius 3 is 1.17 bits per heavy atom. The first-order valence-electron chi connectivity index (χ1n) is 42.4. The molecule has 0 amide bonds. The molecule has 0 aliphatic heterocycles. The van der Waals surface area contributed by atoms with E-state index >= 15 is 0 Å². The van der Waals surface area contributed by atoms with Crippen LogP contribution in [0.3, 0.4) is 0 Å². The van der Waals surface area contributed by atoms with Crippen LogP contribution in [0.1, 0.15) is 40.4 Å². The number of fused-ring (bicyclic) bond motifs is 19. The Kier molecular flexibility index (Phi) is 16.5. The lowest BCUT2D eigenvalue weighted by atomic mass is 9.70. The van der Waals surface area contributed by atoms with Crippen LogP contribution in [0.5, 0.6) is 0 Å². The quantitative estimate of drug-likeness (QED) is 0.102. The lowest BCUT2D eigenvalue weighted by Gasteiger charge is -2.32. The topological polar surface area (TPSA) is 24.5 Å². The van der Waals surface area contributed by atoms with Crippen molar-refractivity contribution in [1.82, 2.24) is 13.7 Å². The van der Waals surface area contributed by atoms with E-state index in [1.165, 1.54) is 111 Å². The number of para-hydroxylation sites is 6. The third kappa shape index (κ3) is 11.3. The highest BCUT2D eigenvalue weighted by Crippen LogP contribution is 2.64. The van der Waals surface area contributed by atoms with Gasteiger partial charge in [-0.1, -0.05) is 274 Å². The third-order valence-corrected chi connectivity index (χ3v) is 25.9. The van der Waals surface area contributed by atoms with E-state index in [2.05, 4.69) is 484 Å². The molecule has 0 fully saturated rings. The first-order chi connectivity index (χ1) is 60.4. The molecule has 0 radical (unpaired) electrons. The lowest BCUT2D eigenvalue weighted by molar-refractivity contribution is 0.718. The number of nitrogens with zero attached hydrogens (tertiary/aromatic N) is 6. The van der Waals surface area contributed by atoms with Crippen molar-refractivity contribution in [2.24, 2.45) is 5.92 Å². The number of benzene rings is 18. The van der Waals surface area contributed by atoms with Gasteiger partial charge in [0.1, 0.15) is 0 Å². The van der Waals surface area contributed by atoms with Gasteiger partial charge in [-0.15, -0.1) is 0 Å². The highest BCUT2D eigenvalue weighted by molar-refractivity contribution is 6.13. The number of hydrogen-bond acceptors (Lipinski definition) is 3. The Balaban J connectivity index is 0.604. The average molecular weight is 1560 g/mol. The minimum atomic E-state index is -0.623. The van der Waals surface area contributed by atoms with Crippen LogP contribution in [0, 0.1) is 5.92 Å². The molecule has 18 aromatic carbocycles. The molecule has 1 atom stereocenters. The molecule has 0 N–H and O–H groups in total. The molecular weight excluding hydrogens is 1480 g/mol. The average Bonchev–Trinajstić information content (AvgIpc) is 1.50. The molecule has 1 unspecified atom stereocenters. The molecular formula is C116H80N6. The van der Waals surface area contributed by atoms with Crippen molar-refractivity contribution in [3.63, 3.8) is 0 Å². The normalized spacial score (nSPS) is 13.4. The van der Waals surface area contributed by atoms with Gasteiger partial charge < -0.3 is 28.4 Å². The summed E-state index contributed by atoms with van der Waals surface area (Å²) >= 11 is 0. The molecule has 3 aromatic heterocycles. The van der Waals surface area contributed by atoms with Crippen molar-refractivity contribution in [3.05, 3.63) is 476 Å². The molecule has 3 heterocycles. The van der Waals surface area contributed by atoms with E-state index in [1.807, 2.05) is 0 Å². The van der Waals surface area contributed by atoms with Crippen LogP contribution in [-0.4, -0.2) is 13.7 Å². The zero-order chi connectivity index (χ0) is 80.5. The van der Waals surface area contributed by atoms with Crippen LogP contribution in [0.25, 0.3) is 133 Å². The van der Waals surface area contributed by atoms with Gasteiger partial charge in [0.05, 0.1) is 33.0 Å². The molecule has 574 valence electrons. The number of rotatable bonds is 15. The molecule has 0 saturated carbocycles. The number of anilines is 9. The van der Waals surface area contributed by atoms with Gasteiger partial charge in [-0.05, 0) is 278 Å². The standard InChI is InChI=1S/C116H80N6/c1-77-44-67-111-103(70-77)105-74-93(62-69-113(105)120(111)86-32-14-5-15-33-86)118(85-30-12-4-13-31-85)90-55-49-81(50-56-90)80-47-53-89(54-48-80)117(84-28-10-3-11-29-84)92-61-68-112-104(73-92)101-63-51-83(72-114(101)122(112)88-36-18-7-19-37-88)82-52-66-108-102(71-82)98-64-59-94(75-109(98)116(108)106-41-23-20-38-96(106)97-39-21-24-42-107(97)116)119(91-57-45-79(46-58-91)78-26-8-2-9-27-78)95-60-65-100-99-40-22-25-43-110(99)121(115(100)76-95)87-34-16-6-17-35-87/h2-69,71-77H,70H2,1H3. The second-order valence-corrected chi connectivity index (χ2v) is 32.8. The number of aromatic nitrogens is 3. The van der Waals surface area contributed by atoms with Crippen molar-refractivity contribution < 1.29 is 0 Å². The van der Waals surface area contributed by atoms with Crippen molar-refractivity contribution >= 4 is 112 Å². The van der Waals surface area contributed by atoms with Gasteiger partial charge in [-0.3, -0.25) is 0 Å². The maximum absolute atomic E-state index is 2.53. The van der Waals surface area contributed by atoms with Gasteiger partial charge >= 0.3 is 0 Å². The van der Waals surface area contributed by atoms with Gasteiger partial charge in [0.2, 0.25) is 0 Å². The highest BCUT2D eigenvalue weighted by Gasteiger charge is 2.52. The predicted octanol–water partition coefficient (Wildman–Crippen LogP) is 30.8. The van der Waals surface area contributed by atoms with E-state index in [1.54, 1.807) is 0 Å². The minimum Gasteiger partial charge on any atom is -0.310 e. The zero-order valence-corrected chi connectivity index (χ0v) is 67.2. The molecule has 0 saturated heterocycles. The summed E-state index contributed by atoms with van der Waals surface area (Å²) < 4.78 is 7.32. The SMILES string of the molecule is CC1C=Cc2c(c3cc(N(c4ccccc4)c4ccc(-c5ccc(N(c6ccccc6)c6ccc7c(c6)c6ccc(-c8ccc9c(c8)-c8ccc(N(c%10ccc(-c%11ccccc%11)cc%10)c%10ccc%11c%12ccccc%12n(-c%12ccccc%12)c%11c%10)cc8C98c9ccccc9-c9ccccc98)cc6n7-c6ccccc6)cc5)cc4)ccc3n2-c2ccccc2)C1. The molecule has 1 spiro atoms. The van der Waals surface area contributed by atoms with Gasteiger partial charge in [-0.2, -0.15) is 0 Å². The van der Waals surface area contributed by atoms with Crippen molar-refractivity contribution in [3.8, 4) is 72.7 Å². The summed E-state index contributed by atoms with van der Waals surface area (Å²) in [6.45, 7) is 2.32. The summed E-state index contributed by atoms with van der Waals surface area (Å²) in [4.78, 5) is 7.27. The zero-order valence-electron chi connectivity index (χ0n) is 67.2. The summed E-state index contributed by atoms with van der Waals surface area (Å²) in [7, 11) is 0. The van der Waals surface area contributed by atoms with Crippen LogP contribution in [0.4, 0.5) is 51.2 Å². The second kappa shape index (κ2) is 28.5. The number of hydrogen-bond donors (Lipinski definition) is 0. The van der Waals surface area contributed by atoms with Crippen LogP contribution in [0.2, 0.25) is 0 Å². The van der Waals surface area contributed by atoms with Crippen LogP contribution >= 0.6 is 0 Å². The van der Waals surface area contributed by atoms with E-state index in [-0.39, 0.29) is 0 Å². The Morgan fingerprint density at radius 1 is 0.230 bits per heavy atom. The van der Waals surface area contributed by atoms with Crippen molar-refractivity contribution in [1.29, 1.82) is 0 Å². The molecule has 3 aliphatic carbocycles. The van der Waals surface area contributed by atoms with Gasteiger partial charge in [-0.25, -0.2) is 0 Å². The van der Waals surface area contributed by atoms with Gasteiger partial charge in [0.25, 0.3) is 0 Å². The maximum atomic E-state index is 2.53. The number of allylic oxidation sites excluding steroid dienone is 1. The molecule has 21 aromatic rings. The summed E-state index contributed by atoms with van der Waals surface area (Å²) in [5.74, 6) is 0.455. The summed E-state index contributed by atoms with van der Waals surface area (Å²) in [6.07, 6.45) is 5.68. The second-order valence-electron chi connectivity index (χ2n) is 32.8. The van der Waals surface area contributed by atoms with Gasteiger partial charge in [0.15, 0.2) is 0 Å². The van der Waals surface area contributed by atoms with E-state index in [9.17, 15) is 0 Å². The first-order valence-corrected chi connectivity index (χ1v) is 42.4. The predicted molar refractivity (Wildman–Crippen MR) is 511 cm³/mol. The fraction of sp³-hybridized carbons (Fsp3) is 0.0345. The van der Waals surface area contributed by atoms with Crippen molar-refractivity contribution in [2.75, 3.05) is 14.7 Å². The van der Waals surface area contributed by atoms with Crippen LogP contribution < -0.4 is 14.7 Å². The Hall–Kier alpha value is -15.8. The molecule has 0 bridgehead atoms.